The number of aromatic nitrogens is 3. The molecule has 1 aromatic heterocycles. The van der Waals surface area contributed by atoms with Gasteiger partial charge in [0.1, 0.15) is 5.82 Å². The van der Waals surface area contributed by atoms with Crippen molar-refractivity contribution >= 4 is 28.1 Å². The van der Waals surface area contributed by atoms with E-state index < -0.39 is 10.0 Å². The van der Waals surface area contributed by atoms with Gasteiger partial charge in [-0.05, 0) is 50.2 Å². The second-order valence-electron chi connectivity index (χ2n) is 7.04. The Morgan fingerprint density at radius 1 is 1.24 bits per heavy atom. The predicted molar refractivity (Wildman–Crippen MR) is 113 cm³/mol. The summed E-state index contributed by atoms with van der Waals surface area (Å²) < 4.78 is 29.9. The lowest BCUT2D eigenvalue weighted by Crippen LogP contribution is -2.32. The van der Waals surface area contributed by atoms with E-state index >= 15 is 0 Å². The number of nitrogens with zero attached hydrogens (tertiary/aromatic N) is 3. The van der Waals surface area contributed by atoms with Gasteiger partial charge in [0.15, 0.2) is 4.77 Å². The molecule has 1 aliphatic heterocycles. The van der Waals surface area contributed by atoms with Crippen LogP contribution in [0.25, 0.3) is 0 Å². The third-order valence-electron chi connectivity index (χ3n) is 5.09. The van der Waals surface area contributed by atoms with Crippen LogP contribution < -0.4 is 5.32 Å². The zero-order valence-electron chi connectivity index (χ0n) is 16.6. The molecule has 3 rings (SSSR count). The van der Waals surface area contributed by atoms with Gasteiger partial charge in [0.2, 0.25) is 10.0 Å². The van der Waals surface area contributed by atoms with Crippen LogP contribution in [0, 0.1) is 4.77 Å². The normalized spacial score (nSPS) is 15.8. The second kappa shape index (κ2) is 9.64. The largest absolute Gasteiger partial charge is 0.352 e. The molecular formula is C19H27N5O3S2. The van der Waals surface area contributed by atoms with Gasteiger partial charge in [0.05, 0.1) is 4.90 Å². The highest BCUT2D eigenvalue weighted by atomic mass is 32.2. The number of rotatable bonds is 7. The first kappa shape index (κ1) is 21.7. The van der Waals surface area contributed by atoms with Crippen molar-refractivity contribution in [2.75, 3.05) is 19.6 Å². The highest BCUT2D eigenvalue weighted by molar-refractivity contribution is 7.89. The van der Waals surface area contributed by atoms with Crippen molar-refractivity contribution in [3.05, 3.63) is 40.4 Å². The van der Waals surface area contributed by atoms with Crippen LogP contribution in [0.5, 0.6) is 0 Å². The maximum absolute atomic E-state index is 13.0. The van der Waals surface area contributed by atoms with E-state index in [0.29, 0.717) is 42.9 Å². The second-order valence-corrected chi connectivity index (χ2v) is 9.37. The topological polar surface area (TPSA) is 100 Å². The third-order valence-corrected chi connectivity index (χ3v) is 7.29. The maximum atomic E-state index is 13.0. The smallest absolute Gasteiger partial charge is 0.251 e. The molecule has 0 aliphatic carbocycles. The van der Waals surface area contributed by atoms with E-state index in [1.54, 1.807) is 18.2 Å². The highest BCUT2D eigenvalue weighted by Crippen LogP contribution is 2.21. The predicted octanol–water partition coefficient (Wildman–Crippen LogP) is 2.50. The van der Waals surface area contributed by atoms with E-state index in [0.717, 1.165) is 31.5 Å². The van der Waals surface area contributed by atoms with Crippen molar-refractivity contribution in [1.29, 1.82) is 0 Å². The Hall–Kier alpha value is -2.04. The Morgan fingerprint density at radius 3 is 2.66 bits per heavy atom. The van der Waals surface area contributed by atoms with Crippen molar-refractivity contribution in [2.45, 2.75) is 50.5 Å². The van der Waals surface area contributed by atoms with Gasteiger partial charge < -0.3 is 9.88 Å². The fourth-order valence-corrected chi connectivity index (χ4v) is 5.33. The fourth-order valence-electron chi connectivity index (χ4n) is 3.49. The quantitative estimate of drug-likeness (QED) is 0.648. The van der Waals surface area contributed by atoms with Crippen LogP contribution in [-0.4, -0.2) is 53.0 Å². The average Bonchev–Trinajstić information content (AvgIpc) is 2.91. The van der Waals surface area contributed by atoms with Gasteiger partial charge in [0, 0.05) is 38.2 Å². The minimum atomic E-state index is -3.59. The van der Waals surface area contributed by atoms with Crippen molar-refractivity contribution in [3.8, 4) is 0 Å². The van der Waals surface area contributed by atoms with Crippen molar-refractivity contribution < 1.29 is 13.2 Å². The number of carbonyl (C=O) groups excluding carboxylic acids is 1. The lowest BCUT2D eigenvalue weighted by Gasteiger charge is -2.20. The first-order chi connectivity index (χ1) is 13.9. The van der Waals surface area contributed by atoms with Gasteiger partial charge in [-0.3, -0.25) is 9.89 Å². The molecule has 1 aromatic carbocycles. The molecule has 10 heteroatoms. The number of amides is 1. The Balaban J connectivity index is 1.66. The van der Waals surface area contributed by atoms with Gasteiger partial charge in [0.25, 0.3) is 5.91 Å². The summed E-state index contributed by atoms with van der Waals surface area (Å²) in [6, 6.07) is 6.24. The molecule has 2 heterocycles. The molecule has 2 N–H and O–H groups in total. The van der Waals surface area contributed by atoms with Crippen LogP contribution in [0.3, 0.4) is 0 Å². The summed E-state index contributed by atoms with van der Waals surface area (Å²) in [6.45, 7) is 4.12. The van der Waals surface area contributed by atoms with E-state index in [-0.39, 0.29) is 10.8 Å². The highest BCUT2D eigenvalue weighted by Gasteiger charge is 2.25. The van der Waals surface area contributed by atoms with Crippen LogP contribution in [0.15, 0.2) is 29.2 Å². The standard InChI is InChI=1S/C19H27N5O3S2/c1-2-24-17(21-22-19(24)28)10-11-20-18(25)15-8-7-9-16(14-15)29(26,27)23-12-5-3-4-6-13-23/h7-9,14H,2-6,10-13H2,1H3,(H,20,25)(H,22,28). The first-order valence-electron chi connectivity index (χ1n) is 9.96. The van der Waals surface area contributed by atoms with Gasteiger partial charge in [-0.15, -0.1) is 0 Å². The monoisotopic (exact) mass is 437 g/mol. The lowest BCUT2D eigenvalue weighted by molar-refractivity contribution is 0.0953. The van der Waals surface area contributed by atoms with Crippen molar-refractivity contribution in [2.24, 2.45) is 0 Å². The summed E-state index contributed by atoms with van der Waals surface area (Å²) in [7, 11) is -3.59. The number of H-pyrrole nitrogens is 1. The van der Waals surface area contributed by atoms with Crippen LogP contribution in [-0.2, 0) is 23.0 Å². The van der Waals surface area contributed by atoms with Gasteiger partial charge in [-0.2, -0.15) is 9.40 Å². The van der Waals surface area contributed by atoms with Crippen molar-refractivity contribution in [3.63, 3.8) is 0 Å². The minimum absolute atomic E-state index is 0.166. The fraction of sp³-hybridized carbons (Fsp3) is 0.526. The van der Waals surface area contributed by atoms with Gasteiger partial charge >= 0.3 is 0 Å². The zero-order valence-corrected chi connectivity index (χ0v) is 18.2. The average molecular weight is 438 g/mol. The molecule has 0 radical (unpaired) electrons. The zero-order chi connectivity index (χ0) is 20.9. The van der Waals surface area contributed by atoms with E-state index in [1.807, 2.05) is 11.5 Å². The summed E-state index contributed by atoms with van der Waals surface area (Å²) in [6.07, 6.45) is 4.37. The molecule has 1 aliphatic rings. The molecule has 0 spiro atoms. The number of hydrogen-bond donors (Lipinski definition) is 2. The number of aromatic amines is 1. The van der Waals surface area contributed by atoms with Crippen LogP contribution >= 0.6 is 12.2 Å². The van der Waals surface area contributed by atoms with E-state index in [9.17, 15) is 13.2 Å². The molecule has 1 amide bonds. The molecule has 8 nitrogen and oxygen atoms in total. The third kappa shape index (κ3) is 5.12. The van der Waals surface area contributed by atoms with Crippen LogP contribution in [0.1, 0.15) is 48.8 Å². The van der Waals surface area contributed by atoms with Crippen molar-refractivity contribution in [1.82, 2.24) is 24.4 Å². The molecular weight excluding hydrogens is 410 g/mol. The SMILES string of the molecule is CCn1c(CCNC(=O)c2cccc(S(=O)(=O)N3CCCCCC3)c2)n[nH]c1=S. The molecule has 0 atom stereocenters. The minimum Gasteiger partial charge on any atom is -0.352 e. The van der Waals surface area contributed by atoms with E-state index in [4.69, 9.17) is 12.2 Å². The molecule has 1 fully saturated rings. The number of carbonyl (C=O) groups is 1. The number of nitrogens with one attached hydrogen (secondary N) is 2. The summed E-state index contributed by atoms with van der Waals surface area (Å²) in [4.78, 5) is 12.7. The number of hydrogen-bond acceptors (Lipinski definition) is 5. The molecule has 0 unspecified atom stereocenters. The maximum Gasteiger partial charge on any atom is 0.251 e. The molecule has 0 saturated carbocycles. The summed E-state index contributed by atoms with van der Waals surface area (Å²) in [5, 5.41) is 9.75. The van der Waals surface area contributed by atoms with Gasteiger partial charge in [-0.1, -0.05) is 18.9 Å². The molecule has 158 valence electrons. The Labute approximate surface area is 176 Å². The van der Waals surface area contributed by atoms with Crippen LogP contribution in [0.4, 0.5) is 0 Å². The Bertz CT molecular complexity index is 1000. The van der Waals surface area contributed by atoms with E-state index in [2.05, 4.69) is 15.5 Å². The number of sulfonamides is 1. The van der Waals surface area contributed by atoms with Gasteiger partial charge in [-0.25, -0.2) is 8.42 Å². The molecule has 2 aromatic rings. The molecule has 0 bridgehead atoms. The van der Waals surface area contributed by atoms with Crippen LogP contribution in [0.2, 0.25) is 0 Å². The Kier molecular flexibility index (Phi) is 7.20. The summed E-state index contributed by atoms with van der Waals surface area (Å²) in [5.41, 5.74) is 0.329. The molecule has 1 saturated heterocycles. The summed E-state index contributed by atoms with van der Waals surface area (Å²) >= 11 is 5.16. The molecule has 29 heavy (non-hydrogen) atoms. The summed E-state index contributed by atoms with van der Waals surface area (Å²) in [5.74, 6) is 0.463. The Morgan fingerprint density at radius 2 is 1.97 bits per heavy atom. The number of benzene rings is 1. The lowest BCUT2D eigenvalue weighted by atomic mass is 10.2. The first-order valence-corrected chi connectivity index (χ1v) is 11.8. The van der Waals surface area contributed by atoms with E-state index in [1.165, 1.54) is 10.4 Å².